The zero-order valence-corrected chi connectivity index (χ0v) is 15.7. The monoisotopic (exact) mass is 438 g/mol. The molecule has 0 heterocycles. The molecule has 0 radical (unpaired) electrons. The van der Waals surface area contributed by atoms with E-state index < -0.39 is 0 Å². The molecule has 0 aliphatic carbocycles. The van der Waals surface area contributed by atoms with Gasteiger partial charge in [-0.1, -0.05) is 30.3 Å². The second kappa shape index (κ2) is 8.84. The summed E-state index contributed by atoms with van der Waals surface area (Å²) in [5.74, 6) is 0.592. The number of hydrazone groups is 1. The summed E-state index contributed by atoms with van der Waals surface area (Å²) in [6.45, 7) is 2.51. The third-order valence-electron chi connectivity index (χ3n) is 2.92. The molecule has 6 heteroatoms. The Balaban J connectivity index is 1.96. The van der Waals surface area contributed by atoms with E-state index in [0.717, 1.165) is 25.8 Å². The van der Waals surface area contributed by atoms with Gasteiger partial charge >= 0.3 is 0 Å². The number of amides is 1. The van der Waals surface area contributed by atoms with Gasteiger partial charge in [0.25, 0.3) is 0 Å². The largest absolute Gasteiger partial charge is 0.492 e. The van der Waals surface area contributed by atoms with Gasteiger partial charge in [0.15, 0.2) is 0 Å². The summed E-state index contributed by atoms with van der Waals surface area (Å²) in [5, 5.41) is 3.99. The Bertz CT molecular complexity index is 680. The molecule has 4 nitrogen and oxygen atoms in total. The predicted octanol–water partition coefficient (Wildman–Crippen LogP) is 4.30. The van der Waals surface area contributed by atoms with Crippen molar-refractivity contribution in [3.63, 3.8) is 0 Å². The van der Waals surface area contributed by atoms with Gasteiger partial charge in [-0.25, -0.2) is 5.43 Å². The maximum Gasteiger partial charge on any atom is 0.244 e. The molecule has 0 unspecified atom stereocenters. The van der Waals surface area contributed by atoms with Gasteiger partial charge in [0.2, 0.25) is 5.91 Å². The third-order valence-corrected chi connectivity index (χ3v) is 4.10. The Kier molecular flexibility index (Phi) is 6.80. The second-order valence-electron chi connectivity index (χ2n) is 4.70. The number of carbonyl (C=O) groups is 1. The quantitative estimate of drug-likeness (QED) is 0.538. The Morgan fingerprint density at radius 2 is 1.87 bits per heavy atom. The molecule has 1 amide bonds. The standard InChI is InChI=1S/C17H16Br2N2O2/c1-2-23-17-14(18)8-13(9-15(17)19)11-20-21-16(22)10-12-6-4-3-5-7-12/h3-9,11H,2,10H2,1H3,(H,21,22)/b20-11-. The molecular formula is C17H16Br2N2O2. The zero-order chi connectivity index (χ0) is 16.7. The van der Waals surface area contributed by atoms with Crippen LogP contribution in [0.1, 0.15) is 18.1 Å². The smallest absolute Gasteiger partial charge is 0.244 e. The summed E-state index contributed by atoms with van der Waals surface area (Å²) in [6, 6.07) is 13.3. The summed E-state index contributed by atoms with van der Waals surface area (Å²) in [7, 11) is 0. The van der Waals surface area contributed by atoms with E-state index in [1.54, 1.807) is 6.21 Å². The van der Waals surface area contributed by atoms with Crippen molar-refractivity contribution in [2.45, 2.75) is 13.3 Å². The van der Waals surface area contributed by atoms with Crippen LogP contribution >= 0.6 is 31.9 Å². The highest BCUT2D eigenvalue weighted by Crippen LogP contribution is 2.34. The van der Waals surface area contributed by atoms with Crippen LogP contribution in [0.25, 0.3) is 0 Å². The van der Waals surface area contributed by atoms with Crippen molar-refractivity contribution < 1.29 is 9.53 Å². The van der Waals surface area contributed by atoms with Crippen LogP contribution in [-0.4, -0.2) is 18.7 Å². The first-order valence-electron chi connectivity index (χ1n) is 7.07. The highest BCUT2D eigenvalue weighted by atomic mass is 79.9. The summed E-state index contributed by atoms with van der Waals surface area (Å²) in [5.41, 5.74) is 4.32. The minimum absolute atomic E-state index is 0.156. The van der Waals surface area contributed by atoms with Crippen molar-refractivity contribution in [2.24, 2.45) is 5.10 Å². The van der Waals surface area contributed by atoms with E-state index >= 15 is 0 Å². The average molecular weight is 440 g/mol. The van der Waals surface area contributed by atoms with Crippen LogP contribution in [0.5, 0.6) is 5.75 Å². The number of nitrogens with one attached hydrogen (secondary N) is 1. The lowest BCUT2D eigenvalue weighted by atomic mass is 10.1. The number of hydrogen-bond acceptors (Lipinski definition) is 3. The van der Waals surface area contributed by atoms with Crippen LogP contribution in [0, 0.1) is 0 Å². The van der Waals surface area contributed by atoms with Gasteiger partial charge in [-0.2, -0.15) is 5.10 Å². The summed E-state index contributed by atoms with van der Waals surface area (Å²) < 4.78 is 7.17. The minimum Gasteiger partial charge on any atom is -0.492 e. The molecule has 23 heavy (non-hydrogen) atoms. The molecule has 2 rings (SSSR count). The molecule has 0 saturated carbocycles. The van der Waals surface area contributed by atoms with Crippen molar-refractivity contribution in [3.05, 3.63) is 62.5 Å². The fourth-order valence-corrected chi connectivity index (χ4v) is 3.39. The lowest BCUT2D eigenvalue weighted by molar-refractivity contribution is -0.120. The highest BCUT2D eigenvalue weighted by molar-refractivity contribution is 9.11. The molecule has 0 fully saturated rings. The lowest BCUT2D eigenvalue weighted by Crippen LogP contribution is -2.19. The van der Waals surface area contributed by atoms with Crippen LogP contribution in [0.15, 0.2) is 56.5 Å². The average Bonchev–Trinajstić information content (AvgIpc) is 2.52. The molecule has 0 aliphatic heterocycles. The summed E-state index contributed by atoms with van der Waals surface area (Å²) in [6.07, 6.45) is 1.89. The molecule has 0 saturated heterocycles. The fraction of sp³-hybridized carbons (Fsp3) is 0.176. The Morgan fingerprint density at radius 3 is 2.48 bits per heavy atom. The van der Waals surface area contributed by atoms with Crippen molar-refractivity contribution in [3.8, 4) is 5.75 Å². The maximum absolute atomic E-state index is 11.8. The van der Waals surface area contributed by atoms with E-state index in [0.29, 0.717) is 13.0 Å². The Hall–Kier alpha value is -1.66. The summed E-state index contributed by atoms with van der Waals surface area (Å²) >= 11 is 6.92. The zero-order valence-electron chi connectivity index (χ0n) is 12.6. The SMILES string of the molecule is CCOc1c(Br)cc(/C=N\NC(=O)Cc2ccccc2)cc1Br. The Morgan fingerprint density at radius 1 is 1.22 bits per heavy atom. The van der Waals surface area contributed by atoms with Crippen LogP contribution in [0.2, 0.25) is 0 Å². The highest BCUT2D eigenvalue weighted by Gasteiger charge is 2.07. The van der Waals surface area contributed by atoms with Gasteiger partial charge in [0.1, 0.15) is 5.75 Å². The molecule has 0 aromatic heterocycles. The molecule has 0 aliphatic rings. The molecule has 0 bridgehead atoms. The second-order valence-corrected chi connectivity index (χ2v) is 6.41. The van der Waals surface area contributed by atoms with Gasteiger partial charge < -0.3 is 4.74 Å². The van der Waals surface area contributed by atoms with E-state index in [-0.39, 0.29) is 5.91 Å². The Labute approximate surface area is 152 Å². The van der Waals surface area contributed by atoms with Crippen LogP contribution in [0.3, 0.4) is 0 Å². The minimum atomic E-state index is -0.156. The fourth-order valence-electron chi connectivity index (χ4n) is 1.94. The number of nitrogens with zero attached hydrogens (tertiary/aromatic N) is 1. The van der Waals surface area contributed by atoms with Crippen molar-refractivity contribution >= 4 is 44.0 Å². The molecule has 0 spiro atoms. The molecule has 120 valence electrons. The number of hydrogen-bond donors (Lipinski definition) is 1. The van der Waals surface area contributed by atoms with Crippen molar-refractivity contribution in [2.75, 3.05) is 6.61 Å². The predicted molar refractivity (Wildman–Crippen MR) is 98.9 cm³/mol. The first-order valence-corrected chi connectivity index (χ1v) is 8.66. The van der Waals surface area contributed by atoms with Gasteiger partial charge in [-0.05, 0) is 62.0 Å². The maximum atomic E-state index is 11.8. The van der Waals surface area contributed by atoms with Crippen LogP contribution < -0.4 is 10.2 Å². The first kappa shape index (κ1) is 17.7. The number of carbonyl (C=O) groups excluding carboxylic acids is 1. The van der Waals surface area contributed by atoms with Crippen LogP contribution in [-0.2, 0) is 11.2 Å². The number of ether oxygens (including phenoxy) is 1. The first-order chi connectivity index (χ1) is 11.1. The van der Waals surface area contributed by atoms with Crippen molar-refractivity contribution in [1.82, 2.24) is 5.43 Å². The summed E-state index contributed by atoms with van der Waals surface area (Å²) in [4.78, 5) is 11.8. The number of rotatable bonds is 6. The third kappa shape index (κ3) is 5.48. The van der Waals surface area contributed by atoms with Crippen LogP contribution in [0.4, 0.5) is 0 Å². The molecular weight excluding hydrogens is 424 g/mol. The van der Waals surface area contributed by atoms with E-state index in [4.69, 9.17) is 4.74 Å². The van der Waals surface area contributed by atoms with Gasteiger partial charge in [0.05, 0.1) is 28.2 Å². The lowest BCUT2D eigenvalue weighted by Gasteiger charge is -2.09. The van der Waals surface area contributed by atoms with E-state index in [1.807, 2.05) is 49.4 Å². The molecule has 0 atom stereocenters. The normalized spacial score (nSPS) is 10.7. The van der Waals surface area contributed by atoms with Gasteiger partial charge in [-0.3, -0.25) is 4.79 Å². The molecule has 2 aromatic rings. The van der Waals surface area contributed by atoms with Gasteiger partial charge in [0, 0.05) is 0 Å². The number of benzene rings is 2. The van der Waals surface area contributed by atoms with Crippen molar-refractivity contribution in [1.29, 1.82) is 0 Å². The van der Waals surface area contributed by atoms with E-state index in [1.165, 1.54) is 0 Å². The van der Waals surface area contributed by atoms with E-state index in [2.05, 4.69) is 42.4 Å². The molecule has 2 aromatic carbocycles. The number of halogens is 2. The van der Waals surface area contributed by atoms with Gasteiger partial charge in [-0.15, -0.1) is 0 Å². The topological polar surface area (TPSA) is 50.7 Å². The molecule has 1 N–H and O–H groups in total. The van der Waals surface area contributed by atoms with E-state index in [9.17, 15) is 4.79 Å².